The number of aromatic nitrogens is 2. The molecule has 1 N–H and O–H groups in total. The third kappa shape index (κ3) is 4.78. The molecule has 0 spiro atoms. The number of ether oxygens (including phenoxy) is 2. The van der Waals surface area contributed by atoms with Gasteiger partial charge in [-0.25, -0.2) is 9.59 Å². The molecular formula is C25H27ClN4O5. The molecule has 1 amide bonds. The second kappa shape index (κ2) is 9.75. The number of anilines is 1. The van der Waals surface area contributed by atoms with Crippen LogP contribution in [0.4, 0.5) is 10.5 Å². The lowest BCUT2D eigenvalue weighted by Gasteiger charge is -2.35. The van der Waals surface area contributed by atoms with Gasteiger partial charge >= 0.3 is 11.8 Å². The van der Waals surface area contributed by atoms with Crippen molar-refractivity contribution in [3.8, 4) is 17.2 Å². The third-order valence-corrected chi connectivity index (χ3v) is 7.27. The highest BCUT2D eigenvalue weighted by Crippen LogP contribution is 2.40. The Labute approximate surface area is 207 Å². The molecule has 3 aromatic rings. The van der Waals surface area contributed by atoms with E-state index in [1.54, 1.807) is 12.1 Å². The highest BCUT2D eigenvalue weighted by Gasteiger charge is 2.40. The molecule has 2 aliphatic rings. The van der Waals surface area contributed by atoms with E-state index < -0.39 is 11.8 Å². The van der Waals surface area contributed by atoms with Crippen LogP contribution in [0.15, 0.2) is 51.7 Å². The number of carbonyl (C=O) groups is 1. The molecule has 9 nitrogen and oxygen atoms in total. The van der Waals surface area contributed by atoms with Gasteiger partial charge in [0.1, 0.15) is 12.4 Å². The zero-order valence-electron chi connectivity index (χ0n) is 19.6. The van der Waals surface area contributed by atoms with Crippen LogP contribution >= 0.6 is 11.6 Å². The Kier molecular flexibility index (Phi) is 6.53. The molecule has 0 radical (unpaired) electrons. The molecule has 2 aromatic carbocycles. The number of hydrogen-bond donors (Lipinski definition) is 1. The Morgan fingerprint density at radius 1 is 1.17 bits per heavy atom. The van der Waals surface area contributed by atoms with E-state index in [-0.39, 0.29) is 23.6 Å². The first-order valence-corrected chi connectivity index (χ1v) is 12.0. The van der Waals surface area contributed by atoms with Crippen molar-refractivity contribution in [3.05, 3.63) is 63.6 Å². The number of nitrogens with zero attached hydrogens (tertiary/aromatic N) is 3. The summed E-state index contributed by atoms with van der Waals surface area (Å²) in [5.41, 5.74) is 1.59. The topological polar surface area (TPSA) is 98.8 Å². The van der Waals surface area contributed by atoms with Crippen LogP contribution in [-0.4, -0.2) is 47.0 Å². The van der Waals surface area contributed by atoms with Gasteiger partial charge in [0, 0.05) is 18.2 Å². The van der Waals surface area contributed by atoms with Crippen molar-refractivity contribution in [2.75, 3.05) is 19.5 Å². The fourth-order valence-corrected chi connectivity index (χ4v) is 5.28. The average molecular weight is 499 g/mol. The molecule has 10 heteroatoms. The van der Waals surface area contributed by atoms with E-state index in [1.165, 1.54) is 11.8 Å². The first kappa shape index (κ1) is 23.4. The van der Waals surface area contributed by atoms with Gasteiger partial charge in [0.2, 0.25) is 0 Å². The summed E-state index contributed by atoms with van der Waals surface area (Å²) in [6, 6.07) is 13.4. The minimum atomic E-state index is -0.654. The first-order valence-electron chi connectivity index (χ1n) is 11.6. The van der Waals surface area contributed by atoms with Crippen LogP contribution in [-0.2, 0) is 11.3 Å². The van der Waals surface area contributed by atoms with Crippen LogP contribution in [0.2, 0.25) is 5.02 Å². The van der Waals surface area contributed by atoms with Gasteiger partial charge in [-0.05, 0) is 44.4 Å². The molecular weight excluding hydrogens is 472 g/mol. The fraction of sp³-hybridized carbons (Fsp3) is 0.400. The highest BCUT2D eigenvalue weighted by atomic mass is 35.5. The van der Waals surface area contributed by atoms with Crippen molar-refractivity contribution in [1.29, 1.82) is 0 Å². The maximum Gasteiger partial charge on any atom is 0.437 e. The van der Waals surface area contributed by atoms with Crippen molar-refractivity contribution >= 4 is 23.4 Å². The fourth-order valence-electron chi connectivity index (χ4n) is 5.06. The zero-order valence-corrected chi connectivity index (χ0v) is 20.3. The number of halogens is 1. The number of benzene rings is 2. The molecule has 3 atom stereocenters. The van der Waals surface area contributed by atoms with Crippen LogP contribution in [0.25, 0.3) is 11.5 Å². The van der Waals surface area contributed by atoms with E-state index in [1.807, 2.05) is 30.3 Å². The van der Waals surface area contributed by atoms with Crippen molar-refractivity contribution < 1.29 is 18.7 Å². The summed E-state index contributed by atoms with van der Waals surface area (Å²) in [4.78, 5) is 27.4. The molecule has 35 heavy (non-hydrogen) atoms. The van der Waals surface area contributed by atoms with Crippen LogP contribution in [0.5, 0.6) is 5.75 Å². The normalized spacial score (nSPS) is 21.6. The molecule has 5 rings (SSSR count). The Balaban J connectivity index is 1.33. The summed E-state index contributed by atoms with van der Waals surface area (Å²) in [5.74, 6) is -0.0262. The van der Waals surface area contributed by atoms with Gasteiger partial charge in [0.15, 0.2) is 0 Å². The van der Waals surface area contributed by atoms with E-state index >= 15 is 0 Å². The summed E-state index contributed by atoms with van der Waals surface area (Å²) in [7, 11) is 3.63. The van der Waals surface area contributed by atoms with Crippen molar-refractivity contribution in [3.63, 3.8) is 0 Å². The van der Waals surface area contributed by atoms with E-state index in [0.717, 1.165) is 31.2 Å². The first-order chi connectivity index (χ1) is 16.9. The monoisotopic (exact) mass is 498 g/mol. The Bertz CT molecular complexity index is 1260. The molecule has 1 unspecified atom stereocenters. The number of piperidine rings is 1. The van der Waals surface area contributed by atoms with Crippen molar-refractivity contribution in [1.82, 2.24) is 14.7 Å². The van der Waals surface area contributed by atoms with Gasteiger partial charge in [-0.2, -0.15) is 4.68 Å². The Morgan fingerprint density at radius 3 is 2.57 bits per heavy atom. The molecule has 2 fully saturated rings. The smallest absolute Gasteiger partial charge is 0.437 e. The molecule has 0 aliphatic carbocycles. The lowest BCUT2D eigenvalue weighted by molar-refractivity contribution is 0.128. The summed E-state index contributed by atoms with van der Waals surface area (Å²) in [6.45, 7) is 0.126. The van der Waals surface area contributed by atoms with E-state index in [2.05, 4.69) is 22.4 Å². The van der Waals surface area contributed by atoms with Gasteiger partial charge in [-0.3, -0.25) is 5.32 Å². The Morgan fingerprint density at radius 2 is 1.89 bits per heavy atom. The SMILES string of the molecule is COc1cc(NC(=O)OCc2ccccc2)c(Cl)cc1-c1nn(C2C[C@H]3CC[C@@H](C2)N3C)c(=O)o1. The largest absolute Gasteiger partial charge is 0.496 e. The Hall–Kier alpha value is -3.30. The minimum absolute atomic E-state index is 0.00417. The second-order valence-electron chi connectivity index (χ2n) is 9.01. The number of carbonyl (C=O) groups excluding carboxylic acids is 1. The van der Waals surface area contributed by atoms with E-state index in [0.29, 0.717) is 29.1 Å². The van der Waals surface area contributed by atoms with Crippen LogP contribution in [0.3, 0.4) is 0 Å². The molecule has 1 aromatic heterocycles. The number of methoxy groups -OCH3 is 1. The standard InChI is InChI=1S/C25H27ClN4O5/c1-29-16-8-9-17(29)11-18(10-16)30-25(32)35-23(28-30)19-12-20(26)21(13-22(19)33-2)27-24(31)34-14-15-6-4-3-5-7-15/h3-7,12-13,16-18H,8-11,14H2,1-2H3,(H,27,31)/t16-,17+,18?. The maximum absolute atomic E-state index is 12.7. The number of rotatable bonds is 6. The average Bonchev–Trinajstić information content (AvgIpc) is 3.32. The summed E-state index contributed by atoms with van der Waals surface area (Å²) in [6.07, 6.45) is 3.36. The van der Waals surface area contributed by atoms with Gasteiger partial charge in [-0.15, -0.1) is 5.10 Å². The quantitative estimate of drug-likeness (QED) is 0.525. The van der Waals surface area contributed by atoms with Crippen LogP contribution in [0.1, 0.15) is 37.3 Å². The van der Waals surface area contributed by atoms with E-state index in [9.17, 15) is 9.59 Å². The maximum atomic E-state index is 12.7. The number of nitrogens with one attached hydrogen (secondary N) is 1. The van der Waals surface area contributed by atoms with Crippen molar-refractivity contribution in [2.24, 2.45) is 0 Å². The number of hydrogen-bond acceptors (Lipinski definition) is 7. The summed E-state index contributed by atoms with van der Waals surface area (Å²) in [5, 5.41) is 7.35. The number of amides is 1. The summed E-state index contributed by atoms with van der Waals surface area (Å²) < 4.78 is 17.7. The number of fused-ring (bicyclic) bond motifs is 2. The van der Waals surface area contributed by atoms with Gasteiger partial charge in [0.25, 0.3) is 5.89 Å². The summed E-state index contributed by atoms with van der Waals surface area (Å²) >= 11 is 6.44. The molecule has 0 saturated carbocycles. The van der Waals surface area contributed by atoms with Crippen molar-refractivity contribution in [2.45, 2.75) is 50.4 Å². The van der Waals surface area contributed by atoms with Gasteiger partial charge < -0.3 is 18.8 Å². The predicted molar refractivity (Wildman–Crippen MR) is 131 cm³/mol. The third-order valence-electron chi connectivity index (χ3n) is 6.96. The van der Waals surface area contributed by atoms with Crippen LogP contribution < -0.4 is 15.8 Å². The van der Waals surface area contributed by atoms with Crippen LogP contribution in [0, 0.1) is 0 Å². The molecule has 2 saturated heterocycles. The molecule has 184 valence electrons. The second-order valence-corrected chi connectivity index (χ2v) is 9.42. The lowest BCUT2D eigenvalue weighted by Crippen LogP contribution is -2.42. The molecule has 2 aliphatic heterocycles. The van der Waals surface area contributed by atoms with Gasteiger partial charge in [0.05, 0.1) is 29.4 Å². The highest BCUT2D eigenvalue weighted by molar-refractivity contribution is 6.34. The van der Waals surface area contributed by atoms with Gasteiger partial charge in [-0.1, -0.05) is 41.9 Å². The molecule has 3 heterocycles. The lowest BCUT2D eigenvalue weighted by atomic mass is 9.98. The zero-order chi connectivity index (χ0) is 24.5. The molecule has 2 bridgehead atoms. The van der Waals surface area contributed by atoms with E-state index in [4.69, 9.17) is 25.5 Å². The predicted octanol–water partition coefficient (Wildman–Crippen LogP) is 4.71. The minimum Gasteiger partial charge on any atom is -0.496 e.